The minimum Gasteiger partial charge on any atom is -0.324 e. The van der Waals surface area contributed by atoms with Gasteiger partial charge in [0.1, 0.15) is 0 Å². The summed E-state index contributed by atoms with van der Waals surface area (Å²) < 4.78 is 0. The number of rotatable bonds is 3. The van der Waals surface area contributed by atoms with Gasteiger partial charge >= 0.3 is 0 Å². The Labute approximate surface area is 114 Å². The smallest absolute Gasteiger partial charge is 0.0422 e. The zero-order valence-electron chi connectivity index (χ0n) is 11.4. The van der Waals surface area contributed by atoms with Gasteiger partial charge in [0.2, 0.25) is 0 Å². The molecule has 2 aromatic rings. The second-order valence-corrected chi connectivity index (χ2v) is 5.67. The zero-order chi connectivity index (χ0) is 13.3. The molecule has 19 heavy (non-hydrogen) atoms. The molecule has 2 heteroatoms. The van der Waals surface area contributed by atoms with Gasteiger partial charge in [-0.3, -0.25) is 4.98 Å². The fraction of sp³-hybridized carbons (Fsp3) is 0.353. The summed E-state index contributed by atoms with van der Waals surface area (Å²) in [5.41, 5.74) is 11.6. The number of hydrogen-bond donors (Lipinski definition) is 1. The zero-order valence-corrected chi connectivity index (χ0v) is 11.4. The van der Waals surface area contributed by atoms with E-state index in [0.29, 0.717) is 0 Å². The van der Waals surface area contributed by atoms with Crippen molar-refractivity contribution in [2.45, 2.75) is 38.1 Å². The van der Waals surface area contributed by atoms with Crippen molar-refractivity contribution in [1.82, 2.24) is 4.98 Å². The van der Waals surface area contributed by atoms with Crippen molar-refractivity contribution < 1.29 is 0 Å². The molecule has 2 nitrogen and oxygen atoms in total. The molecule has 3 rings (SSSR count). The van der Waals surface area contributed by atoms with E-state index in [1.165, 1.54) is 16.7 Å². The minimum absolute atomic E-state index is 0.162. The Morgan fingerprint density at radius 1 is 1.11 bits per heavy atom. The third-order valence-electron chi connectivity index (χ3n) is 4.03. The molecule has 0 radical (unpaired) electrons. The molecule has 0 saturated heterocycles. The molecule has 0 saturated carbocycles. The highest BCUT2D eigenvalue weighted by atomic mass is 14.8. The number of aryl methyl sites for hydroxylation is 1. The number of benzene rings is 1. The highest BCUT2D eigenvalue weighted by Crippen LogP contribution is 2.30. The normalized spacial score (nSPS) is 16.3. The van der Waals surface area contributed by atoms with E-state index < -0.39 is 0 Å². The molecular weight excluding hydrogens is 232 g/mol. The van der Waals surface area contributed by atoms with Crippen molar-refractivity contribution in [1.29, 1.82) is 0 Å². The predicted octanol–water partition coefficient (Wildman–Crippen LogP) is 2.68. The van der Waals surface area contributed by atoms with Crippen molar-refractivity contribution >= 4 is 0 Å². The lowest BCUT2D eigenvalue weighted by Gasteiger charge is -2.23. The fourth-order valence-electron chi connectivity index (χ4n) is 2.98. The predicted molar refractivity (Wildman–Crippen MR) is 78.1 cm³/mol. The van der Waals surface area contributed by atoms with Crippen LogP contribution in [0.1, 0.15) is 29.3 Å². The SMILES string of the molecule is CCc1ccc(CC2(N)Cc3ccccc3C2)nc1. The van der Waals surface area contributed by atoms with Gasteiger partial charge in [0.05, 0.1) is 0 Å². The number of hydrogen-bond acceptors (Lipinski definition) is 2. The van der Waals surface area contributed by atoms with Gasteiger partial charge in [-0.15, -0.1) is 0 Å². The molecule has 98 valence electrons. The van der Waals surface area contributed by atoms with E-state index in [-0.39, 0.29) is 5.54 Å². The standard InChI is InChI=1S/C17H20N2/c1-2-13-7-8-16(19-12-13)11-17(18)9-14-5-3-4-6-15(14)10-17/h3-8,12H,2,9-11,18H2,1H3. The Morgan fingerprint density at radius 3 is 2.32 bits per heavy atom. The summed E-state index contributed by atoms with van der Waals surface area (Å²) in [5, 5.41) is 0. The molecule has 0 unspecified atom stereocenters. The van der Waals surface area contributed by atoms with Crippen LogP contribution in [-0.2, 0) is 25.7 Å². The second kappa shape index (κ2) is 4.78. The van der Waals surface area contributed by atoms with Gasteiger partial charge in [-0.25, -0.2) is 0 Å². The third-order valence-corrected chi connectivity index (χ3v) is 4.03. The van der Waals surface area contributed by atoms with Gasteiger partial charge in [-0.1, -0.05) is 37.3 Å². The first-order valence-corrected chi connectivity index (χ1v) is 6.98. The van der Waals surface area contributed by atoms with E-state index in [9.17, 15) is 0 Å². The lowest BCUT2D eigenvalue weighted by molar-refractivity contribution is 0.441. The monoisotopic (exact) mass is 252 g/mol. The first-order valence-electron chi connectivity index (χ1n) is 6.98. The summed E-state index contributed by atoms with van der Waals surface area (Å²) in [7, 11) is 0. The molecular formula is C17H20N2. The summed E-state index contributed by atoms with van der Waals surface area (Å²) in [6.45, 7) is 2.15. The molecule has 0 aliphatic heterocycles. The van der Waals surface area contributed by atoms with E-state index in [4.69, 9.17) is 5.73 Å². The van der Waals surface area contributed by atoms with Crippen LogP contribution in [0.15, 0.2) is 42.6 Å². The Morgan fingerprint density at radius 2 is 1.79 bits per heavy atom. The number of fused-ring (bicyclic) bond motifs is 1. The van der Waals surface area contributed by atoms with Crippen LogP contribution in [0, 0.1) is 0 Å². The van der Waals surface area contributed by atoms with Crippen molar-refractivity contribution in [3.63, 3.8) is 0 Å². The summed E-state index contributed by atoms with van der Waals surface area (Å²) in [4.78, 5) is 4.54. The second-order valence-electron chi connectivity index (χ2n) is 5.67. The molecule has 0 bridgehead atoms. The maximum atomic E-state index is 6.57. The molecule has 1 aromatic heterocycles. The number of nitrogens with two attached hydrogens (primary N) is 1. The van der Waals surface area contributed by atoms with Crippen LogP contribution in [0.2, 0.25) is 0 Å². The van der Waals surface area contributed by atoms with Crippen molar-refractivity contribution in [3.8, 4) is 0 Å². The summed E-state index contributed by atoms with van der Waals surface area (Å²) in [6, 6.07) is 12.9. The third kappa shape index (κ3) is 2.54. The highest BCUT2D eigenvalue weighted by molar-refractivity contribution is 5.37. The van der Waals surface area contributed by atoms with Gasteiger partial charge in [-0.2, -0.15) is 0 Å². The molecule has 1 aliphatic rings. The van der Waals surface area contributed by atoms with E-state index in [1.54, 1.807) is 0 Å². The Balaban J connectivity index is 1.77. The first kappa shape index (κ1) is 12.4. The molecule has 0 spiro atoms. The van der Waals surface area contributed by atoms with Crippen molar-refractivity contribution in [2.75, 3.05) is 0 Å². The Kier molecular flexibility index (Phi) is 3.11. The largest absolute Gasteiger partial charge is 0.324 e. The van der Waals surface area contributed by atoms with Gasteiger partial charge in [-0.05, 0) is 42.0 Å². The van der Waals surface area contributed by atoms with Gasteiger partial charge in [0.25, 0.3) is 0 Å². The van der Waals surface area contributed by atoms with E-state index in [0.717, 1.165) is 31.4 Å². The van der Waals surface area contributed by atoms with Crippen LogP contribution in [0.4, 0.5) is 0 Å². The molecule has 0 fully saturated rings. The number of pyridine rings is 1. The number of nitrogens with zero attached hydrogens (tertiary/aromatic N) is 1. The van der Waals surface area contributed by atoms with Gasteiger partial charge in [0, 0.05) is 23.9 Å². The van der Waals surface area contributed by atoms with Crippen LogP contribution in [0.3, 0.4) is 0 Å². The average Bonchev–Trinajstić information content (AvgIpc) is 2.75. The lowest BCUT2D eigenvalue weighted by atomic mass is 9.91. The maximum Gasteiger partial charge on any atom is 0.0422 e. The molecule has 1 aliphatic carbocycles. The summed E-state index contributed by atoms with van der Waals surface area (Å²) in [5.74, 6) is 0. The quantitative estimate of drug-likeness (QED) is 0.912. The first-order chi connectivity index (χ1) is 9.18. The fourth-order valence-corrected chi connectivity index (χ4v) is 2.98. The molecule has 2 N–H and O–H groups in total. The lowest BCUT2D eigenvalue weighted by Crippen LogP contribution is -2.43. The van der Waals surface area contributed by atoms with E-state index in [1.807, 2.05) is 6.20 Å². The van der Waals surface area contributed by atoms with Crippen LogP contribution in [0.25, 0.3) is 0 Å². The van der Waals surface area contributed by atoms with Crippen LogP contribution in [-0.4, -0.2) is 10.5 Å². The summed E-state index contributed by atoms with van der Waals surface area (Å²) >= 11 is 0. The van der Waals surface area contributed by atoms with E-state index in [2.05, 4.69) is 48.3 Å². The minimum atomic E-state index is -0.162. The molecule has 1 heterocycles. The van der Waals surface area contributed by atoms with Crippen LogP contribution in [0.5, 0.6) is 0 Å². The Hall–Kier alpha value is -1.67. The maximum absolute atomic E-state index is 6.57. The number of aromatic nitrogens is 1. The van der Waals surface area contributed by atoms with Gasteiger partial charge in [0.15, 0.2) is 0 Å². The summed E-state index contributed by atoms with van der Waals surface area (Å²) in [6.07, 6.45) is 5.78. The average molecular weight is 252 g/mol. The van der Waals surface area contributed by atoms with Crippen molar-refractivity contribution in [3.05, 3.63) is 65.0 Å². The Bertz CT molecular complexity index is 547. The van der Waals surface area contributed by atoms with E-state index >= 15 is 0 Å². The topological polar surface area (TPSA) is 38.9 Å². The van der Waals surface area contributed by atoms with Gasteiger partial charge < -0.3 is 5.73 Å². The molecule has 0 amide bonds. The van der Waals surface area contributed by atoms with Crippen molar-refractivity contribution in [2.24, 2.45) is 5.73 Å². The van der Waals surface area contributed by atoms with Crippen LogP contribution >= 0.6 is 0 Å². The highest BCUT2D eigenvalue weighted by Gasteiger charge is 2.33. The molecule has 0 atom stereocenters. The molecule has 1 aromatic carbocycles. The van der Waals surface area contributed by atoms with Crippen LogP contribution < -0.4 is 5.73 Å².